The molecule has 134 valence electrons. The molecule has 1 aliphatic heterocycles. The first-order chi connectivity index (χ1) is 12.5. The molecule has 0 unspecified atom stereocenters. The van der Waals surface area contributed by atoms with Crippen molar-refractivity contribution in [1.29, 1.82) is 0 Å². The number of ether oxygens (including phenoxy) is 1. The summed E-state index contributed by atoms with van der Waals surface area (Å²) in [6.45, 7) is -2.20. The van der Waals surface area contributed by atoms with Crippen LogP contribution in [0, 0.1) is 0 Å². The van der Waals surface area contributed by atoms with Crippen molar-refractivity contribution < 1.29 is 23.1 Å². The van der Waals surface area contributed by atoms with Crippen LogP contribution >= 0.6 is 0 Å². The fourth-order valence-corrected chi connectivity index (χ4v) is 2.78. The standard InChI is InChI=1S/C20H17F2NO3/c21-20(22)26-17-9-6-14(7-10-17)8-11-18(24)15-3-1-4-16(13-15)23-12-2-5-19(23)25/h1,3-4,6-11,13,20H,2,5,12H2. The quantitative estimate of drug-likeness (QED) is 0.572. The molecule has 0 spiro atoms. The van der Waals surface area contributed by atoms with Crippen molar-refractivity contribution >= 4 is 23.5 Å². The number of carbonyl (C=O) groups is 2. The van der Waals surface area contributed by atoms with Gasteiger partial charge in [-0.25, -0.2) is 0 Å². The molecule has 3 rings (SSSR count). The Bertz CT molecular complexity index is 831. The number of amides is 1. The number of hydrogen-bond acceptors (Lipinski definition) is 3. The lowest BCUT2D eigenvalue weighted by Gasteiger charge is -2.16. The molecule has 2 aromatic carbocycles. The van der Waals surface area contributed by atoms with Crippen LogP contribution in [-0.4, -0.2) is 24.8 Å². The average molecular weight is 357 g/mol. The maximum Gasteiger partial charge on any atom is 0.387 e. The van der Waals surface area contributed by atoms with Gasteiger partial charge in [0.25, 0.3) is 0 Å². The van der Waals surface area contributed by atoms with E-state index in [-0.39, 0.29) is 17.4 Å². The topological polar surface area (TPSA) is 46.6 Å². The van der Waals surface area contributed by atoms with E-state index in [1.807, 2.05) is 6.07 Å². The van der Waals surface area contributed by atoms with Crippen molar-refractivity contribution in [2.75, 3.05) is 11.4 Å². The maximum atomic E-state index is 12.4. The SMILES string of the molecule is O=C(C=Cc1ccc(OC(F)F)cc1)c1cccc(N2CCCC2=O)c1. The van der Waals surface area contributed by atoms with Gasteiger partial charge in [-0.2, -0.15) is 8.78 Å². The Morgan fingerprint density at radius 3 is 2.58 bits per heavy atom. The summed E-state index contributed by atoms with van der Waals surface area (Å²) in [5.41, 5.74) is 1.89. The number of allylic oxidation sites excluding steroid dienone is 1. The zero-order valence-corrected chi connectivity index (χ0v) is 13.9. The lowest BCUT2D eigenvalue weighted by Crippen LogP contribution is -2.23. The van der Waals surface area contributed by atoms with Crippen LogP contribution in [0.3, 0.4) is 0 Å². The molecule has 6 heteroatoms. The highest BCUT2D eigenvalue weighted by Gasteiger charge is 2.22. The molecule has 0 N–H and O–H groups in total. The highest BCUT2D eigenvalue weighted by atomic mass is 19.3. The second kappa shape index (κ2) is 7.91. The van der Waals surface area contributed by atoms with Gasteiger partial charge in [0, 0.05) is 24.2 Å². The van der Waals surface area contributed by atoms with Crippen LogP contribution in [0.15, 0.2) is 54.6 Å². The van der Waals surface area contributed by atoms with E-state index < -0.39 is 6.61 Å². The van der Waals surface area contributed by atoms with Crippen LogP contribution in [0.4, 0.5) is 14.5 Å². The monoisotopic (exact) mass is 357 g/mol. The Morgan fingerprint density at radius 2 is 1.92 bits per heavy atom. The van der Waals surface area contributed by atoms with E-state index >= 15 is 0 Å². The van der Waals surface area contributed by atoms with Crippen LogP contribution in [0.25, 0.3) is 6.08 Å². The minimum absolute atomic E-state index is 0.0615. The van der Waals surface area contributed by atoms with Crippen LogP contribution in [0.1, 0.15) is 28.8 Å². The zero-order chi connectivity index (χ0) is 18.5. The summed E-state index contributed by atoms with van der Waals surface area (Å²) in [4.78, 5) is 25.9. The predicted octanol–water partition coefficient (Wildman–Crippen LogP) is 4.31. The largest absolute Gasteiger partial charge is 0.435 e. The number of nitrogens with zero attached hydrogens (tertiary/aromatic N) is 1. The fourth-order valence-electron chi connectivity index (χ4n) is 2.78. The van der Waals surface area contributed by atoms with Gasteiger partial charge in [0.2, 0.25) is 5.91 Å². The van der Waals surface area contributed by atoms with Gasteiger partial charge in [-0.15, -0.1) is 0 Å². The van der Waals surface area contributed by atoms with E-state index in [9.17, 15) is 18.4 Å². The van der Waals surface area contributed by atoms with E-state index in [1.165, 1.54) is 18.2 Å². The molecular weight excluding hydrogens is 340 g/mol. The van der Waals surface area contributed by atoms with Gasteiger partial charge in [-0.1, -0.05) is 30.3 Å². The van der Waals surface area contributed by atoms with Gasteiger partial charge in [-0.3, -0.25) is 9.59 Å². The summed E-state index contributed by atoms with van der Waals surface area (Å²) in [6, 6.07) is 12.9. The molecular formula is C20H17F2NO3. The summed E-state index contributed by atoms with van der Waals surface area (Å²) >= 11 is 0. The van der Waals surface area contributed by atoms with Gasteiger partial charge < -0.3 is 9.64 Å². The van der Waals surface area contributed by atoms with Crippen molar-refractivity contribution in [3.63, 3.8) is 0 Å². The highest BCUT2D eigenvalue weighted by Crippen LogP contribution is 2.23. The molecule has 0 saturated carbocycles. The molecule has 1 heterocycles. The van der Waals surface area contributed by atoms with Crippen LogP contribution < -0.4 is 9.64 Å². The number of alkyl halides is 2. The Labute approximate surface area is 149 Å². The average Bonchev–Trinajstić information content (AvgIpc) is 3.06. The smallest absolute Gasteiger partial charge is 0.387 e. The van der Waals surface area contributed by atoms with Crippen LogP contribution in [0.5, 0.6) is 5.75 Å². The highest BCUT2D eigenvalue weighted by molar-refractivity contribution is 6.08. The first kappa shape index (κ1) is 17.8. The van der Waals surface area contributed by atoms with Gasteiger partial charge in [0.05, 0.1) is 0 Å². The Morgan fingerprint density at radius 1 is 1.15 bits per heavy atom. The molecule has 4 nitrogen and oxygen atoms in total. The number of halogens is 2. The molecule has 1 saturated heterocycles. The van der Waals surface area contributed by atoms with Crippen molar-refractivity contribution in [2.24, 2.45) is 0 Å². The molecule has 26 heavy (non-hydrogen) atoms. The van der Waals surface area contributed by atoms with Crippen LogP contribution in [-0.2, 0) is 4.79 Å². The number of rotatable bonds is 6. The molecule has 1 fully saturated rings. The van der Waals surface area contributed by atoms with E-state index in [1.54, 1.807) is 41.3 Å². The van der Waals surface area contributed by atoms with Gasteiger partial charge in [0.15, 0.2) is 5.78 Å². The Hall–Kier alpha value is -3.02. The third-order valence-electron chi connectivity index (χ3n) is 4.05. The van der Waals surface area contributed by atoms with Crippen molar-refractivity contribution in [3.8, 4) is 5.75 Å². The second-order valence-corrected chi connectivity index (χ2v) is 5.84. The summed E-state index contributed by atoms with van der Waals surface area (Å²) in [5.74, 6) is -0.0749. The first-order valence-corrected chi connectivity index (χ1v) is 8.20. The first-order valence-electron chi connectivity index (χ1n) is 8.20. The fraction of sp³-hybridized carbons (Fsp3) is 0.200. The second-order valence-electron chi connectivity index (χ2n) is 5.84. The van der Waals surface area contributed by atoms with E-state index in [2.05, 4.69) is 4.74 Å². The lowest BCUT2D eigenvalue weighted by atomic mass is 10.1. The minimum Gasteiger partial charge on any atom is -0.435 e. The van der Waals surface area contributed by atoms with Gasteiger partial charge in [-0.05, 0) is 42.3 Å². The van der Waals surface area contributed by atoms with E-state index in [0.29, 0.717) is 24.1 Å². The van der Waals surface area contributed by atoms with Crippen LogP contribution in [0.2, 0.25) is 0 Å². The molecule has 0 bridgehead atoms. The molecule has 1 aliphatic rings. The van der Waals surface area contributed by atoms with Gasteiger partial charge >= 0.3 is 6.61 Å². The summed E-state index contributed by atoms with van der Waals surface area (Å²) in [6.07, 6.45) is 4.36. The third-order valence-corrected chi connectivity index (χ3v) is 4.05. The molecule has 0 aromatic heterocycles. The molecule has 0 radical (unpaired) electrons. The molecule has 0 aliphatic carbocycles. The molecule has 2 aromatic rings. The summed E-state index contributed by atoms with van der Waals surface area (Å²) < 4.78 is 28.5. The zero-order valence-electron chi connectivity index (χ0n) is 13.9. The normalized spacial score (nSPS) is 14.4. The van der Waals surface area contributed by atoms with E-state index in [0.717, 1.165) is 12.1 Å². The predicted molar refractivity (Wildman–Crippen MR) is 94.5 cm³/mol. The van der Waals surface area contributed by atoms with Gasteiger partial charge in [0.1, 0.15) is 5.75 Å². The number of hydrogen-bond donors (Lipinski definition) is 0. The lowest BCUT2D eigenvalue weighted by molar-refractivity contribution is -0.117. The minimum atomic E-state index is -2.87. The van der Waals surface area contributed by atoms with E-state index in [4.69, 9.17) is 0 Å². The van der Waals surface area contributed by atoms with Crippen molar-refractivity contribution in [2.45, 2.75) is 19.5 Å². The third kappa shape index (κ3) is 4.33. The number of carbonyl (C=O) groups excluding carboxylic acids is 2. The maximum absolute atomic E-state index is 12.4. The Balaban J connectivity index is 1.69. The molecule has 0 atom stereocenters. The number of ketones is 1. The van der Waals surface area contributed by atoms with Crippen molar-refractivity contribution in [3.05, 3.63) is 65.7 Å². The number of benzene rings is 2. The summed E-state index contributed by atoms with van der Waals surface area (Å²) in [7, 11) is 0. The number of anilines is 1. The summed E-state index contributed by atoms with van der Waals surface area (Å²) in [5, 5.41) is 0. The van der Waals surface area contributed by atoms with Crippen molar-refractivity contribution in [1.82, 2.24) is 0 Å². The Kier molecular flexibility index (Phi) is 5.41. The molecule has 1 amide bonds.